The van der Waals surface area contributed by atoms with Crippen molar-refractivity contribution in [2.24, 2.45) is 0 Å². The summed E-state index contributed by atoms with van der Waals surface area (Å²) in [5.41, 5.74) is 2.68. The number of carbonyl (C=O) groups excluding carboxylic acids is 1. The Labute approximate surface area is 120 Å². The van der Waals surface area contributed by atoms with E-state index in [0.717, 1.165) is 17.5 Å². The second-order valence-electron chi connectivity index (χ2n) is 6.31. The molecule has 4 heteroatoms. The average Bonchev–Trinajstić information content (AvgIpc) is 2.35. The van der Waals surface area contributed by atoms with E-state index in [2.05, 4.69) is 6.07 Å². The average molecular weight is 277 g/mol. The maximum absolute atomic E-state index is 12.1. The highest BCUT2D eigenvalue weighted by Crippen LogP contribution is 2.27. The molecule has 20 heavy (non-hydrogen) atoms. The lowest BCUT2D eigenvalue weighted by Gasteiger charge is -2.32. The Bertz CT molecular complexity index is 503. The summed E-state index contributed by atoms with van der Waals surface area (Å²) in [6, 6.07) is 5.94. The number of carbonyl (C=O) groups is 1. The first-order valence-corrected chi connectivity index (χ1v) is 7.04. The Morgan fingerprint density at radius 2 is 2.10 bits per heavy atom. The molecule has 0 bridgehead atoms. The van der Waals surface area contributed by atoms with Crippen LogP contribution in [0.4, 0.5) is 4.79 Å². The molecular weight excluding hydrogens is 254 g/mol. The smallest absolute Gasteiger partial charge is 0.410 e. The summed E-state index contributed by atoms with van der Waals surface area (Å²) in [6.45, 7) is 8.51. The third-order valence-electron chi connectivity index (χ3n) is 3.41. The van der Waals surface area contributed by atoms with Gasteiger partial charge in [-0.2, -0.15) is 0 Å². The lowest BCUT2D eigenvalue weighted by atomic mass is 9.93. The van der Waals surface area contributed by atoms with Crippen molar-refractivity contribution < 1.29 is 14.6 Å². The highest BCUT2D eigenvalue weighted by atomic mass is 16.6. The molecule has 1 aromatic carbocycles. The van der Waals surface area contributed by atoms with Gasteiger partial charge in [0.2, 0.25) is 0 Å². The highest BCUT2D eigenvalue weighted by Gasteiger charge is 2.27. The van der Waals surface area contributed by atoms with E-state index in [1.54, 1.807) is 11.8 Å². The summed E-state index contributed by atoms with van der Waals surface area (Å²) in [7, 11) is 0. The summed E-state index contributed by atoms with van der Waals surface area (Å²) in [4.78, 5) is 13.9. The van der Waals surface area contributed by atoms with Crippen LogP contribution in [-0.2, 0) is 17.7 Å². The molecule has 0 saturated heterocycles. The fourth-order valence-electron chi connectivity index (χ4n) is 2.48. The molecule has 0 aliphatic carbocycles. The van der Waals surface area contributed by atoms with Gasteiger partial charge in [-0.25, -0.2) is 4.79 Å². The van der Waals surface area contributed by atoms with Gasteiger partial charge in [-0.15, -0.1) is 0 Å². The number of hydrogen-bond donors (Lipinski definition) is 1. The first-order valence-electron chi connectivity index (χ1n) is 7.04. The minimum Gasteiger partial charge on any atom is -0.444 e. The molecule has 1 aromatic rings. The number of benzene rings is 1. The molecule has 2 rings (SSSR count). The van der Waals surface area contributed by atoms with E-state index < -0.39 is 11.7 Å². The van der Waals surface area contributed by atoms with Crippen LogP contribution in [0.15, 0.2) is 18.2 Å². The van der Waals surface area contributed by atoms with Gasteiger partial charge in [-0.3, -0.25) is 0 Å². The molecule has 0 aromatic heterocycles. The molecule has 0 fully saturated rings. The number of ether oxygens (including phenoxy) is 1. The Kier molecular flexibility index (Phi) is 4.04. The molecule has 1 amide bonds. The number of aliphatic hydroxyl groups is 1. The Morgan fingerprint density at radius 1 is 1.40 bits per heavy atom. The largest absolute Gasteiger partial charge is 0.444 e. The number of rotatable bonds is 1. The second kappa shape index (κ2) is 5.44. The van der Waals surface area contributed by atoms with Gasteiger partial charge in [-0.05, 0) is 50.8 Å². The van der Waals surface area contributed by atoms with Crippen molar-refractivity contribution in [2.45, 2.75) is 52.4 Å². The number of amides is 1. The van der Waals surface area contributed by atoms with Gasteiger partial charge in [0.15, 0.2) is 0 Å². The fraction of sp³-hybridized carbons (Fsp3) is 0.562. The zero-order valence-electron chi connectivity index (χ0n) is 12.6. The molecule has 0 unspecified atom stereocenters. The maximum atomic E-state index is 12.1. The van der Waals surface area contributed by atoms with Gasteiger partial charge in [0.05, 0.1) is 6.10 Å². The molecule has 4 nitrogen and oxygen atoms in total. The van der Waals surface area contributed by atoms with Gasteiger partial charge in [0, 0.05) is 13.1 Å². The van der Waals surface area contributed by atoms with Crippen LogP contribution in [0.3, 0.4) is 0 Å². The van der Waals surface area contributed by atoms with Crippen LogP contribution in [0.25, 0.3) is 0 Å². The van der Waals surface area contributed by atoms with Crippen molar-refractivity contribution >= 4 is 6.09 Å². The standard InChI is InChI=1S/C16H23NO3/c1-11(18)13-7-5-6-12-8-9-17(10-14(12)13)15(19)20-16(2,3)4/h5-7,11,18H,8-10H2,1-4H3/t11-/m1/s1. The molecule has 1 heterocycles. The lowest BCUT2D eigenvalue weighted by Crippen LogP contribution is -2.40. The first kappa shape index (κ1) is 14.9. The number of fused-ring (bicyclic) bond motifs is 1. The predicted molar refractivity (Wildman–Crippen MR) is 77.4 cm³/mol. The van der Waals surface area contributed by atoms with Crippen LogP contribution in [0.5, 0.6) is 0 Å². The second-order valence-corrected chi connectivity index (χ2v) is 6.31. The molecule has 1 aliphatic heterocycles. The van der Waals surface area contributed by atoms with Crippen molar-refractivity contribution in [2.75, 3.05) is 6.54 Å². The van der Waals surface area contributed by atoms with Crippen LogP contribution in [0, 0.1) is 0 Å². The summed E-state index contributed by atoms with van der Waals surface area (Å²) in [6.07, 6.45) is -0.0122. The van der Waals surface area contributed by atoms with Crippen LogP contribution in [0.2, 0.25) is 0 Å². The van der Waals surface area contributed by atoms with E-state index in [-0.39, 0.29) is 6.09 Å². The Balaban J connectivity index is 2.20. The van der Waals surface area contributed by atoms with E-state index in [1.165, 1.54) is 5.56 Å². The molecule has 0 spiro atoms. The maximum Gasteiger partial charge on any atom is 0.410 e. The van der Waals surface area contributed by atoms with E-state index in [0.29, 0.717) is 13.1 Å². The Morgan fingerprint density at radius 3 is 2.70 bits per heavy atom. The lowest BCUT2D eigenvalue weighted by molar-refractivity contribution is 0.0221. The highest BCUT2D eigenvalue weighted by molar-refractivity contribution is 5.68. The summed E-state index contributed by atoms with van der Waals surface area (Å²) >= 11 is 0. The third-order valence-corrected chi connectivity index (χ3v) is 3.41. The van der Waals surface area contributed by atoms with E-state index in [4.69, 9.17) is 4.74 Å². The normalized spacial score (nSPS) is 16.6. The zero-order chi connectivity index (χ0) is 14.9. The number of aliphatic hydroxyl groups excluding tert-OH is 1. The van der Waals surface area contributed by atoms with Gasteiger partial charge >= 0.3 is 6.09 Å². The van der Waals surface area contributed by atoms with Crippen molar-refractivity contribution in [3.05, 3.63) is 34.9 Å². The topological polar surface area (TPSA) is 49.8 Å². The summed E-state index contributed by atoms with van der Waals surface area (Å²) < 4.78 is 5.42. The molecule has 110 valence electrons. The fourth-order valence-corrected chi connectivity index (χ4v) is 2.48. The predicted octanol–water partition coefficient (Wildman–Crippen LogP) is 3.03. The number of nitrogens with zero attached hydrogens (tertiary/aromatic N) is 1. The molecule has 1 atom stereocenters. The van der Waals surface area contributed by atoms with Gasteiger partial charge in [-0.1, -0.05) is 18.2 Å². The van der Waals surface area contributed by atoms with Crippen molar-refractivity contribution in [3.8, 4) is 0 Å². The van der Waals surface area contributed by atoms with Crippen molar-refractivity contribution in [1.29, 1.82) is 0 Å². The van der Waals surface area contributed by atoms with E-state index in [1.807, 2.05) is 32.9 Å². The molecule has 0 radical (unpaired) electrons. The number of hydrogen-bond acceptors (Lipinski definition) is 3. The zero-order valence-corrected chi connectivity index (χ0v) is 12.6. The van der Waals surface area contributed by atoms with Crippen LogP contribution >= 0.6 is 0 Å². The first-order chi connectivity index (χ1) is 9.28. The molecule has 1 N–H and O–H groups in total. The van der Waals surface area contributed by atoms with Crippen LogP contribution in [0.1, 0.15) is 50.5 Å². The van der Waals surface area contributed by atoms with E-state index >= 15 is 0 Å². The minimum atomic E-state index is -0.525. The SMILES string of the molecule is C[C@@H](O)c1cccc2c1CN(C(=O)OC(C)(C)C)CC2. The van der Waals surface area contributed by atoms with Crippen LogP contribution < -0.4 is 0 Å². The van der Waals surface area contributed by atoms with E-state index in [9.17, 15) is 9.90 Å². The summed E-state index contributed by atoms with van der Waals surface area (Å²) in [5, 5.41) is 9.86. The minimum absolute atomic E-state index is 0.288. The van der Waals surface area contributed by atoms with Crippen LogP contribution in [-0.4, -0.2) is 28.2 Å². The van der Waals surface area contributed by atoms with Crippen molar-refractivity contribution in [3.63, 3.8) is 0 Å². The molecular formula is C16H23NO3. The van der Waals surface area contributed by atoms with Gasteiger partial charge in [0.1, 0.15) is 5.60 Å². The summed E-state index contributed by atoms with van der Waals surface area (Å²) in [5.74, 6) is 0. The van der Waals surface area contributed by atoms with Gasteiger partial charge < -0.3 is 14.7 Å². The molecule has 0 saturated carbocycles. The monoisotopic (exact) mass is 277 g/mol. The van der Waals surface area contributed by atoms with Gasteiger partial charge in [0.25, 0.3) is 0 Å². The quantitative estimate of drug-likeness (QED) is 0.858. The Hall–Kier alpha value is -1.55. The van der Waals surface area contributed by atoms with Crippen molar-refractivity contribution in [1.82, 2.24) is 4.90 Å². The third kappa shape index (κ3) is 3.31. The molecule has 1 aliphatic rings.